The Bertz CT molecular complexity index is 1790. The van der Waals surface area contributed by atoms with Crippen molar-refractivity contribution in [3.05, 3.63) is 87.6 Å². The summed E-state index contributed by atoms with van der Waals surface area (Å²) in [6.45, 7) is 4.62. The molecule has 14 heteroatoms. The van der Waals surface area contributed by atoms with Gasteiger partial charge in [-0.1, -0.05) is 24.0 Å². The average molecular weight is 630 g/mol. The normalized spacial score (nSPS) is 14.7. The van der Waals surface area contributed by atoms with E-state index in [1.165, 1.54) is 43.4 Å². The molecule has 1 aliphatic heterocycles. The van der Waals surface area contributed by atoms with Crippen LogP contribution in [-0.2, 0) is 18.9 Å². The third kappa shape index (κ3) is 7.21. The number of nitrogens with one attached hydrogen (secondary N) is 2. The Morgan fingerprint density at radius 2 is 1.62 bits per heavy atom. The van der Waals surface area contributed by atoms with Gasteiger partial charge in [0.1, 0.15) is 0 Å². The lowest BCUT2D eigenvalue weighted by atomic mass is 10.0. The fraction of sp³-hybridized carbons (Fsp3) is 0.323. The lowest BCUT2D eigenvalue weighted by Crippen LogP contribution is -2.44. The molecular weight excluding hydrogens is 600 g/mol. The molecule has 45 heavy (non-hydrogen) atoms. The highest BCUT2D eigenvalue weighted by Crippen LogP contribution is 2.35. The zero-order valence-electron chi connectivity index (χ0n) is 24.6. The Kier molecular flexibility index (Phi) is 8.77. The first-order valence-electron chi connectivity index (χ1n) is 13.9. The maximum atomic E-state index is 14.0. The lowest BCUT2D eigenvalue weighted by Gasteiger charge is -2.33. The molecule has 4 aromatic rings. The van der Waals surface area contributed by atoms with Crippen molar-refractivity contribution in [3.8, 4) is 11.8 Å². The van der Waals surface area contributed by atoms with Crippen LogP contribution in [0.4, 0.5) is 38.0 Å². The largest absolute Gasteiger partial charge is 0.434 e. The van der Waals surface area contributed by atoms with E-state index in [2.05, 4.69) is 37.5 Å². The summed E-state index contributed by atoms with van der Waals surface area (Å²) >= 11 is 0. The van der Waals surface area contributed by atoms with E-state index >= 15 is 0 Å². The molecule has 1 aliphatic rings. The zero-order valence-corrected chi connectivity index (χ0v) is 24.6. The molecule has 0 bridgehead atoms. The number of fused-ring (bicyclic) bond motifs is 1. The zero-order chi connectivity index (χ0) is 32.5. The van der Waals surface area contributed by atoms with Crippen molar-refractivity contribution in [1.82, 2.24) is 24.4 Å². The van der Waals surface area contributed by atoms with Crippen LogP contribution in [0.15, 0.2) is 48.5 Å². The molecule has 0 spiro atoms. The predicted molar refractivity (Wildman–Crippen MR) is 157 cm³/mol. The van der Waals surface area contributed by atoms with Crippen molar-refractivity contribution < 1.29 is 31.1 Å². The molecule has 5 rings (SSSR count). The minimum Gasteiger partial charge on any atom is -0.356 e. The molecule has 0 unspecified atom stereocenters. The van der Waals surface area contributed by atoms with Crippen LogP contribution in [-0.4, -0.2) is 70.6 Å². The van der Waals surface area contributed by atoms with E-state index in [1.54, 1.807) is 13.0 Å². The lowest BCUT2D eigenvalue weighted by molar-refractivity contribution is -0.143. The first-order chi connectivity index (χ1) is 21.2. The van der Waals surface area contributed by atoms with Crippen molar-refractivity contribution in [3.63, 3.8) is 0 Å². The van der Waals surface area contributed by atoms with Crippen molar-refractivity contribution >= 4 is 23.2 Å². The average Bonchev–Trinajstić information content (AvgIpc) is 3.40. The minimum atomic E-state index is -4.80. The summed E-state index contributed by atoms with van der Waals surface area (Å²) in [6.07, 6.45) is -9.43. The number of likely N-dealkylation sites (N-methyl/N-ethyl adjacent to an activating group) is 1. The molecule has 8 nitrogen and oxygen atoms in total. The summed E-state index contributed by atoms with van der Waals surface area (Å²) in [7, 11) is 3.44. The number of aryl methyl sites for hydroxylation is 1. The molecule has 2 aromatic heterocycles. The summed E-state index contributed by atoms with van der Waals surface area (Å²) in [4.78, 5) is 21.1. The molecule has 2 aromatic carbocycles. The second-order valence-electron chi connectivity index (χ2n) is 10.7. The molecule has 1 amide bonds. The van der Waals surface area contributed by atoms with Crippen molar-refractivity contribution in [2.45, 2.75) is 25.8 Å². The number of carbonyl (C=O) groups is 1. The standard InChI is InChI=1S/C31H29F6N7O/c1-19-4-5-22(16-21(19)7-6-20-9-11-26-40-29(38-2)41-44(26)27(20)31(35,36)37)28(45)39-24-10-8-23(25(17-24)30(32,33)34)18-43-14-12-42(3)13-15-43/h4-5,8-11,16-17H,12-15,18H2,1-3H3,(H,38,41)(H,39,45). The Hall–Kier alpha value is -4.61. The molecule has 3 heterocycles. The van der Waals surface area contributed by atoms with E-state index in [1.807, 2.05) is 11.9 Å². The molecule has 0 aliphatic carbocycles. The second kappa shape index (κ2) is 12.4. The van der Waals surface area contributed by atoms with Crippen LogP contribution in [0.5, 0.6) is 0 Å². The third-order valence-electron chi connectivity index (χ3n) is 7.48. The first-order valence-corrected chi connectivity index (χ1v) is 13.9. The Morgan fingerprint density at radius 1 is 0.911 bits per heavy atom. The molecule has 2 N–H and O–H groups in total. The summed E-state index contributed by atoms with van der Waals surface area (Å²) in [5.41, 5.74) is -1.32. The maximum Gasteiger partial charge on any atom is 0.434 e. The Balaban J connectivity index is 1.40. The van der Waals surface area contributed by atoms with Crippen LogP contribution in [0.3, 0.4) is 0 Å². The van der Waals surface area contributed by atoms with E-state index in [0.29, 0.717) is 23.2 Å². The van der Waals surface area contributed by atoms with E-state index in [0.717, 1.165) is 19.2 Å². The molecule has 0 atom stereocenters. The fourth-order valence-corrected chi connectivity index (χ4v) is 4.97. The number of piperazine rings is 1. The van der Waals surface area contributed by atoms with Gasteiger partial charge in [-0.3, -0.25) is 9.69 Å². The number of anilines is 2. The summed E-state index contributed by atoms with van der Waals surface area (Å²) in [6, 6.07) is 10.7. The number of hydrogen-bond acceptors (Lipinski definition) is 6. The number of rotatable bonds is 5. The van der Waals surface area contributed by atoms with Crippen LogP contribution >= 0.6 is 0 Å². The highest BCUT2D eigenvalue weighted by Gasteiger charge is 2.37. The van der Waals surface area contributed by atoms with Gasteiger partial charge in [-0.05, 0) is 61.5 Å². The van der Waals surface area contributed by atoms with Crippen LogP contribution in [0, 0.1) is 18.8 Å². The summed E-state index contributed by atoms with van der Waals surface area (Å²) < 4.78 is 84.7. The van der Waals surface area contributed by atoms with Crippen molar-refractivity contribution in [2.75, 3.05) is 50.9 Å². The number of benzene rings is 2. The van der Waals surface area contributed by atoms with Gasteiger partial charge in [-0.25, -0.2) is 4.52 Å². The number of hydrogen-bond donors (Lipinski definition) is 2. The van der Waals surface area contributed by atoms with Crippen LogP contribution in [0.2, 0.25) is 0 Å². The second-order valence-corrected chi connectivity index (χ2v) is 10.7. The van der Waals surface area contributed by atoms with Gasteiger partial charge < -0.3 is 15.5 Å². The van der Waals surface area contributed by atoms with Gasteiger partial charge in [-0.15, -0.1) is 5.10 Å². The van der Waals surface area contributed by atoms with Gasteiger partial charge in [-0.2, -0.15) is 31.3 Å². The summed E-state index contributed by atoms with van der Waals surface area (Å²) in [5, 5.41) is 8.95. The number of halogens is 6. The number of nitrogens with zero attached hydrogens (tertiary/aromatic N) is 5. The number of carbonyl (C=O) groups excluding carboxylic acids is 1. The van der Waals surface area contributed by atoms with Gasteiger partial charge in [0.15, 0.2) is 11.3 Å². The third-order valence-corrected chi connectivity index (χ3v) is 7.48. The van der Waals surface area contributed by atoms with Gasteiger partial charge >= 0.3 is 12.4 Å². The molecule has 236 valence electrons. The van der Waals surface area contributed by atoms with Gasteiger partial charge in [0.2, 0.25) is 5.95 Å². The topological polar surface area (TPSA) is 77.8 Å². The maximum absolute atomic E-state index is 14.0. The molecule has 1 saturated heterocycles. The van der Waals surface area contributed by atoms with Crippen LogP contribution < -0.4 is 10.6 Å². The van der Waals surface area contributed by atoms with E-state index < -0.39 is 29.5 Å². The highest BCUT2D eigenvalue weighted by molar-refractivity contribution is 6.04. The predicted octanol–water partition coefficient (Wildman–Crippen LogP) is 5.52. The quantitative estimate of drug-likeness (QED) is 0.224. The van der Waals surface area contributed by atoms with E-state index in [9.17, 15) is 31.1 Å². The van der Waals surface area contributed by atoms with Gasteiger partial charge in [0, 0.05) is 56.6 Å². The molecular formula is C31H29F6N7O. The molecule has 0 radical (unpaired) electrons. The highest BCUT2D eigenvalue weighted by atomic mass is 19.4. The number of pyridine rings is 1. The number of alkyl halides is 6. The Labute approximate surface area is 255 Å². The number of aromatic nitrogens is 3. The number of amides is 1. The van der Waals surface area contributed by atoms with Gasteiger partial charge in [0.25, 0.3) is 5.91 Å². The van der Waals surface area contributed by atoms with Crippen LogP contribution in [0.25, 0.3) is 5.65 Å². The Morgan fingerprint density at radius 3 is 2.29 bits per heavy atom. The fourth-order valence-electron chi connectivity index (χ4n) is 4.97. The van der Waals surface area contributed by atoms with Gasteiger partial charge in [0.05, 0.1) is 11.1 Å². The SMILES string of the molecule is CNc1nc2ccc(C#Cc3cc(C(=O)Nc4ccc(CN5CCN(C)CC5)c(C(F)(F)F)c4)ccc3C)c(C(F)(F)F)n2n1. The smallest absolute Gasteiger partial charge is 0.356 e. The minimum absolute atomic E-state index is 0.00666. The van der Waals surface area contributed by atoms with Crippen molar-refractivity contribution in [2.24, 2.45) is 0 Å². The molecule has 1 fully saturated rings. The van der Waals surface area contributed by atoms with E-state index in [-0.39, 0.29) is 46.1 Å². The molecule has 0 saturated carbocycles. The van der Waals surface area contributed by atoms with E-state index in [4.69, 9.17) is 0 Å². The van der Waals surface area contributed by atoms with Crippen LogP contribution in [0.1, 0.15) is 43.9 Å². The monoisotopic (exact) mass is 629 g/mol. The first kappa shape index (κ1) is 31.8. The van der Waals surface area contributed by atoms with Crippen molar-refractivity contribution in [1.29, 1.82) is 0 Å². The summed E-state index contributed by atoms with van der Waals surface area (Å²) in [5.74, 6) is 4.55.